The second-order valence-corrected chi connectivity index (χ2v) is 5.28. The minimum absolute atomic E-state index is 0.00722. The lowest BCUT2D eigenvalue weighted by molar-refractivity contribution is -0.384. The van der Waals surface area contributed by atoms with Crippen molar-refractivity contribution < 1.29 is 24.4 Å². The van der Waals surface area contributed by atoms with Crippen molar-refractivity contribution in [3.63, 3.8) is 0 Å². The van der Waals surface area contributed by atoms with Crippen molar-refractivity contribution in [2.24, 2.45) is 0 Å². The van der Waals surface area contributed by atoms with E-state index in [9.17, 15) is 19.7 Å². The number of benzene rings is 1. The van der Waals surface area contributed by atoms with Gasteiger partial charge in [-0.05, 0) is 19.9 Å². The molecule has 8 heteroatoms. The maximum atomic E-state index is 12.6. The zero-order valence-corrected chi connectivity index (χ0v) is 12.2. The highest BCUT2D eigenvalue weighted by Crippen LogP contribution is 2.22. The van der Waals surface area contributed by atoms with E-state index < -0.39 is 22.5 Å². The number of carboxylic acid groups (broad SMARTS) is 1. The van der Waals surface area contributed by atoms with Gasteiger partial charge >= 0.3 is 5.97 Å². The van der Waals surface area contributed by atoms with Gasteiger partial charge in [-0.1, -0.05) is 0 Å². The molecule has 22 heavy (non-hydrogen) atoms. The van der Waals surface area contributed by atoms with Gasteiger partial charge in [0.25, 0.3) is 11.6 Å². The Balaban J connectivity index is 2.44. The van der Waals surface area contributed by atoms with Crippen LogP contribution in [0.1, 0.15) is 34.6 Å². The summed E-state index contributed by atoms with van der Waals surface area (Å²) < 4.78 is 5.34. The number of morpholine rings is 1. The number of carbonyl (C=O) groups excluding carboxylic acids is 1. The highest BCUT2D eigenvalue weighted by atomic mass is 16.6. The molecule has 1 aliphatic rings. The van der Waals surface area contributed by atoms with Crippen molar-refractivity contribution >= 4 is 17.6 Å². The molecule has 1 aliphatic heterocycles. The predicted molar refractivity (Wildman–Crippen MR) is 76.0 cm³/mol. The highest BCUT2D eigenvalue weighted by molar-refractivity contribution is 5.98. The van der Waals surface area contributed by atoms with E-state index in [4.69, 9.17) is 9.84 Å². The lowest BCUT2D eigenvalue weighted by Crippen LogP contribution is -2.52. The summed E-state index contributed by atoms with van der Waals surface area (Å²) in [6, 6.07) is 2.81. The predicted octanol–water partition coefficient (Wildman–Crippen LogP) is 1.54. The number of nitro groups is 1. The molecule has 1 heterocycles. The van der Waals surface area contributed by atoms with Gasteiger partial charge in [0, 0.05) is 17.7 Å². The molecule has 1 N–H and O–H groups in total. The number of hydrogen-bond acceptors (Lipinski definition) is 5. The summed E-state index contributed by atoms with van der Waals surface area (Å²) in [5.41, 5.74) is -0.713. The average molecular weight is 308 g/mol. The number of carbonyl (C=O) groups is 2. The molecule has 1 aromatic rings. The van der Waals surface area contributed by atoms with Gasteiger partial charge in [-0.15, -0.1) is 0 Å². The van der Waals surface area contributed by atoms with Crippen LogP contribution in [0.15, 0.2) is 18.2 Å². The van der Waals surface area contributed by atoms with E-state index in [0.29, 0.717) is 13.2 Å². The molecule has 0 spiro atoms. The van der Waals surface area contributed by atoms with Crippen LogP contribution in [0.3, 0.4) is 0 Å². The molecule has 0 aromatic heterocycles. The fraction of sp³-hybridized carbons (Fsp3) is 0.429. The Bertz CT molecular complexity index is 588. The molecule has 0 bridgehead atoms. The van der Waals surface area contributed by atoms with Gasteiger partial charge in [0.05, 0.1) is 35.8 Å². The molecule has 2 atom stereocenters. The number of non-ortho nitro benzene ring substituents is 1. The Morgan fingerprint density at radius 2 is 1.77 bits per heavy atom. The molecule has 1 fully saturated rings. The van der Waals surface area contributed by atoms with Crippen molar-refractivity contribution in [3.05, 3.63) is 39.4 Å². The van der Waals surface area contributed by atoms with Crippen LogP contribution in [0.5, 0.6) is 0 Å². The van der Waals surface area contributed by atoms with E-state index in [-0.39, 0.29) is 23.2 Å². The van der Waals surface area contributed by atoms with Crippen LogP contribution < -0.4 is 0 Å². The Labute approximate surface area is 126 Å². The van der Waals surface area contributed by atoms with Gasteiger partial charge < -0.3 is 14.7 Å². The second kappa shape index (κ2) is 6.10. The van der Waals surface area contributed by atoms with Crippen molar-refractivity contribution in [3.8, 4) is 0 Å². The van der Waals surface area contributed by atoms with Crippen molar-refractivity contribution in [1.29, 1.82) is 0 Å². The molecular formula is C14H16N2O6. The molecular weight excluding hydrogens is 292 g/mol. The summed E-state index contributed by atoms with van der Waals surface area (Å²) >= 11 is 0. The Hall–Kier alpha value is -2.48. The van der Waals surface area contributed by atoms with Crippen LogP contribution in [0.2, 0.25) is 0 Å². The highest BCUT2D eigenvalue weighted by Gasteiger charge is 2.31. The van der Waals surface area contributed by atoms with E-state index in [1.54, 1.807) is 4.90 Å². The van der Waals surface area contributed by atoms with Gasteiger partial charge in [0.1, 0.15) is 0 Å². The minimum Gasteiger partial charge on any atom is -0.478 e. The number of rotatable bonds is 3. The molecule has 1 saturated heterocycles. The first-order valence-electron chi connectivity index (χ1n) is 6.74. The fourth-order valence-electron chi connectivity index (χ4n) is 2.52. The number of carboxylic acids is 1. The number of amides is 1. The van der Waals surface area contributed by atoms with Gasteiger partial charge in [-0.25, -0.2) is 4.79 Å². The zero-order chi connectivity index (χ0) is 16.4. The smallest absolute Gasteiger partial charge is 0.335 e. The average Bonchev–Trinajstić information content (AvgIpc) is 2.46. The Morgan fingerprint density at radius 1 is 1.23 bits per heavy atom. The lowest BCUT2D eigenvalue weighted by Gasteiger charge is -2.38. The molecule has 0 saturated carbocycles. The topological polar surface area (TPSA) is 110 Å². The standard InChI is InChI=1S/C14H16N2O6/c1-8-6-22-7-9(2)15(8)13(17)10-3-11(14(18)19)5-12(4-10)16(20)21/h3-5,8-9H,6-7H2,1-2H3,(H,18,19). The summed E-state index contributed by atoms with van der Waals surface area (Å²) in [5.74, 6) is -1.75. The van der Waals surface area contributed by atoms with Crippen LogP contribution in [0.25, 0.3) is 0 Å². The maximum Gasteiger partial charge on any atom is 0.335 e. The second-order valence-electron chi connectivity index (χ2n) is 5.28. The third-order valence-corrected chi connectivity index (χ3v) is 3.52. The molecule has 0 aliphatic carbocycles. The quantitative estimate of drug-likeness (QED) is 0.670. The largest absolute Gasteiger partial charge is 0.478 e. The third kappa shape index (κ3) is 3.06. The maximum absolute atomic E-state index is 12.6. The van der Waals surface area contributed by atoms with Crippen LogP contribution >= 0.6 is 0 Å². The lowest BCUT2D eigenvalue weighted by atomic mass is 10.1. The minimum atomic E-state index is -1.32. The van der Waals surface area contributed by atoms with Crippen LogP contribution in [-0.2, 0) is 4.74 Å². The number of ether oxygens (including phenoxy) is 1. The van der Waals surface area contributed by atoms with Crippen LogP contribution in [0, 0.1) is 10.1 Å². The summed E-state index contributed by atoms with van der Waals surface area (Å²) in [5, 5.41) is 20.0. The summed E-state index contributed by atoms with van der Waals surface area (Å²) in [7, 11) is 0. The molecule has 118 valence electrons. The summed E-state index contributed by atoms with van der Waals surface area (Å²) in [6.45, 7) is 4.36. The van der Waals surface area contributed by atoms with Crippen molar-refractivity contribution in [2.45, 2.75) is 25.9 Å². The normalized spacial score (nSPS) is 21.5. The Kier molecular flexibility index (Phi) is 4.41. The van der Waals surface area contributed by atoms with Crippen molar-refractivity contribution in [1.82, 2.24) is 4.90 Å². The summed E-state index contributed by atoms with van der Waals surface area (Å²) in [4.78, 5) is 35.5. The monoisotopic (exact) mass is 308 g/mol. The van der Waals surface area contributed by atoms with Crippen molar-refractivity contribution in [2.75, 3.05) is 13.2 Å². The Morgan fingerprint density at radius 3 is 2.27 bits per heavy atom. The summed E-state index contributed by atoms with van der Waals surface area (Å²) in [6.07, 6.45) is 0. The molecule has 1 amide bonds. The van der Waals surface area contributed by atoms with E-state index in [1.807, 2.05) is 13.8 Å². The number of nitrogens with zero attached hydrogens (tertiary/aromatic N) is 2. The first kappa shape index (κ1) is 15.9. The molecule has 1 aromatic carbocycles. The van der Waals surface area contributed by atoms with Gasteiger partial charge in [-0.3, -0.25) is 14.9 Å². The fourth-order valence-corrected chi connectivity index (χ4v) is 2.52. The van der Waals surface area contributed by atoms with Gasteiger partial charge in [-0.2, -0.15) is 0 Å². The SMILES string of the molecule is CC1COCC(C)N1C(=O)c1cc(C(=O)O)cc([N+](=O)[O-])c1. The van der Waals surface area contributed by atoms with E-state index in [2.05, 4.69) is 0 Å². The van der Waals surface area contributed by atoms with Gasteiger partial charge in [0.15, 0.2) is 0 Å². The van der Waals surface area contributed by atoms with E-state index in [1.165, 1.54) is 0 Å². The molecule has 8 nitrogen and oxygen atoms in total. The van der Waals surface area contributed by atoms with Crippen LogP contribution in [-0.4, -0.2) is 52.1 Å². The van der Waals surface area contributed by atoms with E-state index >= 15 is 0 Å². The zero-order valence-electron chi connectivity index (χ0n) is 12.2. The first-order chi connectivity index (χ1) is 10.3. The molecule has 2 rings (SSSR count). The van der Waals surface area contributed by atoms with E-state index in [0.717, 1.165) is 18.2 Å². The van der Waals surface area contributed by atoms with Gasteiger partial charge in [0.2, 0.25) is 0 Å². The third-order valence-electron chi connectivity index (χ3n) is 3.52. The first-order valence-corrected chi connectivity index (χ1v) is 6.74. The molecule has 2 unspecified atom stereocenters. The number of aromatic carboxylic acids is 1. The number of hydrogen-bond donors (Lipinski definition) is 1. The number of nitro benzene ring substituents is 1. The molecule has 0 radical (unpaired) electrons. The van der Waals surface area contributed by atoms with Crippen LogP contribution in [0.4, 0.5) is 5.69 Å².